The Morgan fingerprint density at radius 2 is 1.74 bits per heavy atom. The number of para-hydroxylation sites is 1. The molecule has 1 aliphatic heterocycles. The molecule has 0 aromatic heterocycles. The summed E-state index contributed by atoms with van der Waals surface area (Å²) in [5.74, 6) is -0.345. The molecule has 1 aliphatic rings. The first kappa shape index (κ1) is 15.7. The molecule has 23 heavy (non-hydrogen) atoms. The third-order valence-electron chi connectivity index (χ3n) is 3.88. The van der Waals surface area contributed by atoms with Crippen LogP contribution in [0.25, 0.3) is 0 Å². The predicted octanol–water partition coefficient (Wildman–Crippen LogP) is 2.80. The van der Waals surface area contributed by atoms with Gasteiger partial charge in [-0.2, -0.15) is 0 Å². The Morgan fingerprint density at radius 1 is 1.04 bits per heavy atom. The van der Waals surface area contributed by atoms with Crippen molar-refractivity contribution in [2.75, 3.05) is 11.4 Å². The minimum absolute atomic E-state index is 0.162. The van der Waals surface area contributed by atoms with Gasteiger partial charge >= 0.3 is 0 Å². The van der Waals surface area contributed by atoms with Crippen LogP contribution in [0.1, 0.15) is 12.0 Å². The van der Waals surface area contributed by atoms with Crippen molar-refractivity contribution < 1.29 is 9.59 Å². The highest BCUT2D eigenvalue weighted by molar-refractivity contribution is 6.30. The van der Waals surface area contributed by atoms with Gasteiger partial charge < -0.3 is 5.32 Å². The minimum atomic E-state index is -0.449. The van der Waals surface area contributed by atoms with Crippen molar-refractivity contribution in [3.8, 4) is 0 Å². The predicted molar refractivity (Wildman–Crippen MR) is 90.5 cm³/mol. The van der Waals surface area contributed by atoms with Crippen LogP contribution in [0.15, 0.2) is 54.6 Å². The highest BCUT2D eigenvalue weighted by Gasteiger charge is 2.38. The van der Waals surface area contributed by atoms with Crippen molar-refractivity contribution >= 4 is 29.1 Å². The van der Waals surface area contributed by atoms with Crippen LogP contribution in [-0.2, 0) is 16.0 Å². The summed E-state index contributed by atoms with van der Waals surface area (Å²) in [5, 5.41) is 3.88. The maximum atomic E-state index is 12.4. The van der Waals surface area contributed by atoms with Crippen molar-refractivity contribution in [1.82, 2.24) is 5.32 Å². The Morgan fingerprint density at radius 3 is 2.43 bits per heavy atom. The molecule has 118 valence electrons. The normalized spacial score (nSPS) is 17.8. The quantitative estimate of drug-likeness (QED) is 0.859. The molecule has 1 atom stereocenters. The number of halogens is 1. The highest BCUT2D eigenvalue weighted by Crippen LogP contribution is 2.22. The fourth-order valence-corrected chi connectivity index (χ4v) is 2.81. The Bertz CT molecular complexity index is 701. The lowest BCUT2D eigenvalue weighted by atomic mass is 10.1. The van der Waals surface area contributed by atoms with Gasteiger partial charge in [0.2, 0.25) is 5.91 Å². The monoisotopic (exact) mass is 328 g/mol. The van der Waals surface area contributed by atoms with Crippen molar-refractivity contribution in [2.45, 2.75) is 18.9 Å². The first-order valence-corrected chi connectivity index (χ1v) is 7.92. The van der Waals surface area contributed by atoms with Crippen LogP contribution < -0.4 is 10.2 Å². The minimum Gasteiger partial charge on any atom is -0.305 e. The average molecular weight is 329 g/mol. The number of carbonyl (C=O) groups is 2. The Balaban J connectivity index is 1.58. The molecule has 2 amide bonds. The summed E-state index contributed by atoms with van der Waals surface area (Å²) in [4.78, 5) is 25.8. The highest BCUT2D eigenvalue weighted by atomic mass is 35.5. The van der Waals surface area contributed by atoms with E-state index < -0.39 is 6.04 Å². The summed E-state index contributed by atoms with van der Waals surface area (Å²) in [6.45, 7) is 0.633. The topological polar surface area (TPSA) is 49.4 Å². The third-order valence-corrected chi connectivity index (χ3v) is 4.13. The summed E-state index contributed by atoms with van der Waals surface area (Å²) in [5.41, 5.74) is 1.77. The molecule has 0 unspecified atom stereocenters. The number of nitrogens with zero attached hydrogens (tertiary/aromatic N) is 1. The van der Waals surface area contributed by atoms with E-state index in [1.165, 1.54) is 4.90 Å². The Labute approximate surface area is 140 Å². The average Bonchev–Trinajstić information content (AvgIpc) is 2.84. The Kier molecular flexibility index (Phi) is 4.74. The first-order valence-electron chi connectivity index (χ1n) is 7.55. The summed E-state index contributed by atoms with van der Waals surface area (Å²) in [6, 6.07) is 16.2. The van der Waals surface area contributed by atoms with Crippen molar-refractivity contribution in [2.24, 2.45) is 0 Å². The maximum absolute atomic E-state index is 12.4. The van der Waals surface area contributed by atoms with E-state index in [1.54, 1.807) is 12.1 Å². The van der Waals surface area contributed by atoms with Gasteiger partial charge in [-0.15, -0.1) is 0 Å². The van der Waals surface area contributed by atoms with Crippen molar-refractivity contribution in [3.05, 3.63) is 65.2 Å². The van der Waals surface area contributed by atoms with E-state index in [1.807, 2.05) is 42.5 Å². The standard InChI is InChI=1S/C18H17ClN2O2/c19-14-8-6-13(7-9-14)10-11-20-16-12-17(22)21(18(16)23)15-4-2-1-3-5-15/h1-9,16,20H,10-12H2/t16-/m1/s1. The van der Waals surface area contributed by atoms with Crippen LogP contribution >= 0.6 is 11.6 Å². The lowest BCUT2D eigenvalue weighted by Crippen LogP contribution is -2.39. The molecule has 0 radical (unpaired) electrons. The molecule has 0 spiro atoms. The molecular formula is C18H17ClN2O2. The second-order valence-corrected chi connectivity index (χ2v) is 5.93. The largest absolute Gasteiger partial charge is 0.305 e. The molecule has 0 saturated carbocycles. The molecule has 2 aromatic rings. The van der Waals surface area contributed by atoms with E-state index >= 15 is 0 Å². The fourth-order valence-electron chi connectivity index (χ4n) is 2.68. The zero-order chi connectivity index (χ0) is 16.2. The van der Waals surface area contributed by atoms with E-state index in [0.717, 1.165) is 12.0 Å². The molecule has 3 rings (SSSR count). The van der Waals surface area contributed by atoms with Gasteiger partial charge in [0.05, 0.1) is 18.2 Å². The van der Waals surface area contributed by atoms with Crippen LogP contribution in [-0.4, -0.2) is 24.4 Å². The number of anilines is 1. The number of carbonyl (C=O) groups excluding carboxylic acids is 2. The van der Waals surface area contributed by atoms with E-state index in [4.69, 9.17) is 11.6 Å². The number of nitrogens with one attached hydrogen (secondary N) is 1. The van der Waals surface area contributed by atoms with E-state index in [-0.39, 0.29) is 18.2 Å². The Hall–Kier alpha value is -2.17. The molecule has 1 heterocycles. The smallest absolute Gasteiger partial charge is 0.251 e. The fraction of sp³-hybridized carbons (Fsp3) is 0.222. The number of imide groups is 1. The van der Waals surface area contributed by atoms with Crippen LogP contribution in [0.5, 0.6) is 0 Å². The van der Waals surface area contributed by atoms with Gasteiger partial charge in [0.1, 0.15) is 0 Å². The molecular weight excluding hydrogens is 312 g/mol. The van der Waals surface area contributed by atoms with Gasteiger partial charge in [0.15, 0.2) is 0 Å². The first-order chi connectivity index (χ1) is 11.1. The zero-order valence-electron chi connectivity index (χ0n) is 12.5. The molecule has 0 aliphatic carbocycles. The van der Waals surface area contributed by atoms with Gasteiger partial charge in [0, 0.05) is 5.02 Å². The summed E-state index contributed by atoms with van der Waals surface area (Å²) in [6.07, 6.45) is 0.981. The summed E-state index contributed by atoms with van der Waals surface area (Å²) < 4.78 is 0. The van der Waals surface area contributed by atoms with Crippen LogP contribution in [0.2, 0.25) is 5.02 Å². The van der Waals surface area contributed by atoms with Crippen LogP contribution in [0.4, 0.5) is 5.69 Å². The zero-order valence-corrected chi connectivity index (χ0v) is 13.3. The van der Waals surface area contributed by atoms with Gasteiger partial charge in [-0.1, -0.05) is 41.9 Å². The molecule has 0 bridgehead atoms. The lowest BCUT2D eigenvalue weighted by molar-refractivity contribution is -0.121. The molecule has 1 saturated heterocycles. The van der Waals surface area contributed by atoms with Gasteiger partial charge in [-0.3, -0.25) is 9.59 Å². The van der Waals surface area contributed by atoms with Crippen molar-refractivity contribution in [3.63, 3.8) is 0 Å². The second kappa shape index (κ2) is 6.94. The molecule has 1 fully saturated rings. The van der Waals surface area contributed by atoms with Gasteiger partial charge in [-0.05, 0) is 42.8 Å². The number of hydrogen-bond donors (Lipinski definition) is 1. The molecule has 1 N–H and O–H groups in total. The maximum Gasteiger partial charge on any atom is 0.251 e. The van der Waals surface area contributed by atoms with Crippen LogP contribution in [0, 0.1) is 0 Å². The SMILES string of the molecule is O=C1C[C@@H](NCCc2ccc(Cl)cc2)C(=O)N1c1ccccc1. The summed E-state index contributed by atoms with van der Waals surface area (Å²) in [7, 11) is 0. The number of amides is 2. The number of benzene rings is 2. The molecule has 5 heteroatoms. The number of hydrogen-bond acceptors (Lipinski definition) is 3. The lowest BCUT2D eigenvalue weighted by Gasteiger charge is -2.15. The van der Waals surface area contributed by atoms with E-state index in [9.17, 15) is 9.59 Å². The number of rotatable bonds is 5. The summed E-state index contributed by atoms with van der Waals surface area (Å²) >= 11 is 5.86. The van der Waals surface area contributed by atoms with E-state index in [0.29, 0.717) is 17.3 Å². The van der Waals surface area contributed by atoms with Gasteiger partial charge in [-0.25, -0.2) is 4.90 Å². The molecule has 2 aromatic carbocycles. The van der Waals surface area contributed by atoms with Gasteiger partial charge in [0.25, 0.3) is 5.91 Å². The van der Waals surface area contributed by atoms with Crippen molar-refractivity contribution in [1.29, 1.82) is 0 Å². The van der Waals surface area contributed by atoms with E-state index in [2.05, 4.69) is 5.32 Å². The van der Waals surface area contributed by atoms with Crippen LogP contribution in [0.3, 0.4) is 0 Å². The second-order valence-electron chi connectivity index (χ2n) is 5.49. The molecule has 4 nitrogen and oxygen atoms in total. The third kappa shape index (κ3) is 3.60.